The zero-order valence-corrected chi connectivity index (χ0v) is 21.4. The molecule has 192 valence electrons. The number of aliphatic hydroxyl groups excluding tert-OH is 1. The molecule has 7 nitrogen and oxygen atoms in total. The standard InChI is InChI=1S/C28H34FN3O4/c1-17-9-8-10-18(2)21(17)14-25(34)22-13-23(29)24(32-28(35)31(4)27(16-33)30-32)15-26(22)36-19(3)20-11-6-5-7-12-20/h8-10,13,15,19-20,33H,5-7,11-12,14,16H2,1-4H3. The number of ether oxygens (including phenoxy) is 1. The van der Waals surface area contributed by atoms with Crippen LogP contribution < -0.4 is 10.4 Å². The van der Waals surface area contributed by atoms with E-state index in [1.807, 2.05) is 39.0 Å². The molecule has 0 saturated heterocycles. The highest BCUT2D eigenvalue weighted by Crippen LogP contribution is 2.33. The summed E-state index contributed by atoms with van der Waals surface area (Å²) >= 11 is 0. The van der Waals surface area contributed by atoms with Crippen LogP contribution in [0.5, 0.6) is 5.75 Å². The summed E-state index contributed by atoms with van der Waals surface area (Å²) in [5.74, 6) is -0.334. The van der Waals surface area contributed by atoms with Crippen molar-refractivity contribution in [3.63, 3.8) is 0 Å². The molecule has 2 aromatic carbocycles. The van der Waals surface area contributed by atoms with Gasteiger partial charge in [-0.3, -0.25) is 9.36 Å². The molecule has 0 radical (unpaired) electrons. The van der Waals surface area contributed by atoms with Gasteiger partial charge in [0.15, 0.2) is 11.6 Å². The monoisotopic (exact) mass is 495 g/mol. The second-order valence-corrected chi connectivity index (χ2v) is 9.82. The molecule has 3 aromatic rings. The van der Waals surface area contributed by atoms with E-state index in [4.69, 9.17) is 4.74 Å². The number of halogens is 1. The van der Waals surface area contributed by atoms with Crippen molar-refractivity contribution >= 4 is 5.78 Å². The molecule has 1 unspecified atom stereocenters. The van der Waals surface area contributed by atoms with Crippen molar-refractivity contribution in [3.05, 3.63) is 74.7 Å². The Morgan fingerprint density at radius 3 is 2.47 bits per heavy atom. The molecule has 1 fully saturated rings. The van der Waals surface area contributed by atoms with E-state index < -0.39 is 18.1 Å². The maximum absolute atomic E-state index is 15.4. The van der Waals surface area contributed by atoms with Gasteiger partial charge in [0.1, 0.15) is 23.9 Å². The minimum Gasteiger partial charge on any atom is -0.490 e. The van der Waals surface area contributed by atoms with Gasteiger partial charge in [-0.25, -0.2) is 9.18 Å². The first-order valence-corrected chi connectivity index (χ1v) is 12.6. The molecule has 36 heavy (non-hydrogen) atoms. The first-order valence-electron chi connectivity index (χ1n) is 12.6. The van der Waals surface area contributed by atoms with Crippen LogP contribution in [0.25, 0.3) is 5.69 Å². The Bertz CT molecular complexity index is 1300. The quantitative estimate of drug-likeness (QED) is 0.462. The number of aliphatic hydroxyl groups is 1. The number of carbonyl (C=O) groups is 1. The lowest BCUT2D eigenvalue weighted by Gasteiger charge is -2.29. The van der Waals surface area contributed by atoms with Gasteiger partial charge in [0.2, 0.25) is 0 Å². The molecular formula is C28H34FN3O4. The minimum atomic E-state index is -0.762. The van der Waals surface area contributed by atoms with Gasteiger partial charge in [0, 0.05) is 19.5 Å². The number of hydrogen-bond donors (Lipinski definition) is 1. The lowest BCUT2D eigenvalue weighted by Crippen LogP contribution is -2.27. The van der Waals surface area contributed by atoms with Crippen molar-refractivity contribution in [2.75, 3.05) is 0 Å². The normalized spacial score (nSPS) is 15.2. The van der Waals surface area contributed by atoms with E-state index in [0.29, 0.717) is 5.92 Å². The molecule has 0 spiro atoms. The molecule has 0 amide bonds. The van der Waals surface area contributed by atoms with Gasteiger partial charge < -0.3 is 9.84 Å². The molecule has 1 saturated carbocycles. The van der Waals surface area contributed by atoms with Crippen molar-refractivity contribution in [1.82, 2.24) is 14.3 Å². The van der Waals surface area contributed by atoms with Crippen LogP contribution in [0.4, 0.5) is 4.39 Å². The molecule has 1 atom stereocenters. The highest BCUT2D eigenvalue weighted by molar-refractivity contribution is 6.00. The number of rotatable bonds is 8. The number of nitrogens with zero attached hydrogens (tertiary/aromatic N) is 3. The molecule has 1 N–H and O–H groups in total. The van der Waals surface area contributed by atoms with E-state index in [1.165, 1.54) is 19.5 Å². The van der Waals surface area contributed by atoms with Crippen LogP contribution in [0.3, 0.4) is 0 Å². The fourth-order valence-electron chi connectivity index (χ4n) is 5.08. The maximum atomic E-state index is 15.4. The third-order valence-electron chi connectivity index (χ3n) is 7.40. The number of Topliss-reactive ketones (excluding diaryl/α,β-unsaturated/α-hetero) is 1. The second kappa shape index (κ2) is 10.8. The molecule has 1 aliphatic carbocycles. The zero-order valence-electron chi connectivity index (χ0n) is 21.4. The Morgan fingerprint density at radius 1 is 1.19 bits per heavy atom. The van der Waals surface area contributed by atoms with Gasteiger partial charge in [-0.1, -0.05) is 37.5 Å². The van der Waals surface area contributed by atoms with Crippen LogP contribution in [0.2, 0.25) is 0 Å². The predicted octanol–water partition coefficient (Wildman–Crippen LogP) is 4.59. The van der Waals surface area contributed by atoms with E-state index in [0.717, 1.165) is 57.7 Å². The summed E-state index contributed by atoms with van der Waals surface area (Å²) in [6.45, 7) is 5.42. The molecule has 1 heterocycles. The van der Waals surface area contributed by atoms with E-state index in [9.17, 15) is 14.7 Å². The highest BCUT2D eigenvalue weighted by atomic mass is 19.1. The average Bonchev–Trinajstić information content (AvgIpc) is 3.16. The Labute approximate surface area is 210 Å². The summed E-state index contributed by atoms with van der Waals surface area (Å²) in [7, 11) is 1.46. The third-order valence-corrected chi connectivity index (χ3v) is 7.40. The number of aromatic nitrogens is 3. The molecule has 1 aliphatic rings. The van der Waals surface area contributed by atoms with Crippen LogP contribution in [0.15, 0.2) is 35.1 Å². The largest absolute Gasteiger partial charge is 0.490 e. The van der Waals surface area contributed by atoms with Gasteiger partial charge in [0.25, 0.3) is 0 Å². The summed E-state index contributed by atoms with van der Waals surface area (Å²) in [5, 5.41) is 13.6. The van der Waals surface area contributed by atoms with E-state index in [2.05, 4.69) is 5.10 Å². The molecule has 0 aliphatic heterocycles. The molecular weight excluding hydrogens is 461 g/mol. The molecule has 0 bridgehead atoms. The molecule has 8 heteroatoms. The Kier molecular flexibility index (Phi) is 7.73. The number of hydrogen-bond acceptors (Lipinski definition) is 5. The Morgan fingerprint density at radius 2 is 1.86 bits per heavy atom. The van der Waals surface area contributed by atoms with E-state index in [1.54, 1.807) is 0 Å². The van der Waals surface area contributed by atoms with Gasteiger partial charge in [0.05, 0.1) is 11.7 Å². The van der Waals surface area contributed by atoms with E-state index >= 15 is 4.39 Å². The van der Waals surface area contributed by atoms with Crippen LogP contribution in [0, 0.1) is 25.6 Å². The summed E-state index contributed by atoms with van der Waals surface area (Å²) in [6.07, 6.45) is 5.50. The van der Waals surface area contributed by atoms with Crippen molar-refractivity contribution in [2.45, 2.75) is 72.0 Å². The first-order chi connectivity index (χ1) is 17.2. The second-order valence-electron chi connectivity index (χ2n) is 9.82. The SMILES string of the molecule is Cc1cccc(C)c1CC(=O)c1cc(F)c(-n2nc(CO)n(C)c2=O)cc1OC(C)C1CCCCC1. The van der Waals surface area contributed by atoms with Gasteiger partial charge in [-0.15, -0.1) is 5.10 Å². The average molecular weight is 496 g/mol. The third kappa shape index (κ3) is 5.14. The van der Waals surface area contributed by atoms with Crippen molar-refractivity contribution in [3.8, 4) is 11.4 Å². The van der Waals surface area contributed by atoms with Crippen molar-refractivity contribution in [1.29, 1.82) is 0 Å². The van der Waals surface area contributed by atoms with Crippen LogP contribution in [-0.4, -0.2) is 31.3 Å². The van der Waals surface area contributed by atoms with Crippen LogP contribution >= 0.6 is 0 Å². The van der Waals surface area contributed by atoms with Crippen molar-refractivity contribution < 1.29 is 19.0 Å². The summed E-state index contributed by atoms with van der Waals surface area (Å²) in [6, 6.07) is 8.39. The first kappa shape index (κ1) is 25.8. The Balaban J connectivity index is 1.77. The summed E-state index contributed by atoms with van der Waals surface area (Å²) < 4.78 is 23.8. The smallest absolute Gasteiger partial charge is 0.350 e. The number of carbonyl (C=O) groups excluding carboxylic acids is 1. The Hall–Kier alpha value is -3.26. The predicted molar refractivity (Wildman–Crippen MR) is 135 cm³/mol. The summed E-state index contributed by atoms with van der Waals surface area (Å²) in [4.78, 5) is 26.2. The molecule has 4 rings (SSSR count). The van der Waals surface area contributed by atoms with Gasteiger partial charge in [-0.05, 0) is 62.3 Å². The van der Waals surface area contributed by atoms with Crippen LogP contribution in [0.1, 0.15) is 71.9 Å². The topological polar surface area (TPSA) is 86.4 Å². The number of ketones is 1. The van der Waals surface area contributed by atoms with Crippen molar-refractivity contribution in [2.24, 2.45) is 13.0 Å². The fraction of sp³-hybridized carbons (Fsp3) is 0.464. The highest BCUT2D eigenvalue weighted by Gasteiger charge is 2.26. The maximum Gasteiger partial charge on any atom is 0.350 e. The van der Waals surface area contributed by atoms with Gasteiger partial charge in [-0.2, -0.15) is 4.68 Å². The minimum absolute atomic E-state index is 0.104. The van der Waals surface area contributed by atoms with E-state index in [-0.39, 0.29) is 41.1 Å². The lowest BCUT2D eigenvalue weighted by atomic mass is 9.86. The fourth-order valence-corrected chi connectivity index (χ4v) is 5.08. The number of aryl methyl sites for hydroxylation is 2. The lowest BCUT2D eigenvalue weighted by molar-refractivity contribution is 0.0969. The van der Waals surface area contributed by atoms with Gasteiger partial charge >= 0.3 is 5.69 Å². The zero-order chi connectivity index (χ0) is 26.0. The number of benzene rings is 2. The summed E-state index contributed by atoms with van der Waals surface area (Å²) in [5.41, 5.74) is 2.33. The molecule has 1 aromatic heterocycles. The van der Waals surface area contributed by atoms with Crippen LogP contribution in [-0.2, 0) is 20.1 Å².